The van der Waals surface area contributed by atoms with Crippen molar-refractivity contribution in [1.29, 1.82) is 0 Å². The number of piperazine rings is 1. The number of benzene rings is 1. The van der Waals surface area contributed by atoms with Crippen molar-refractivity contribution < 1.29 is 9.53 Å². The molecule has 1 atom stereocenters. The van der Waals surface area contributed by atoms with Crippen molar-refractivity contribution in [2.45, 2.75) is 13.0 Å². The van der Waals surface area contributed by atoms with Gasteiger partial charge in [0.05, 0.1) is 18.1 Å². The molecule has 1 unspecified atom stereocenters. The Kier molecular flexibility index (Phi) is 4.34. The van der Waals surface area contributed by atoms with Crippen LogP contribution in [0.1, 0.15) is 17.7 Å². The molecule has 26 heavy (non-hydrogen) atoms. The van der Waals surface area contributed by atoms with Crippen LogP contribution in [0.3, 0.4) is 0 Å². The highest BCUT2D eigenvalue weighted by Crippen LogP contribution is 2.28. The second-order valence-electron chi connectivity index (χ2n) is 6.34. The van der Waals surface area contributed by atoms with Crippen molar-refractivity contribution in [3.63, 3.8) is 0 Å². The Bertz CT molecular complexity index is 911. The van der Waals surface area contributed by atoms with Crippen molar-refractivity contribution >= 4 is 16.9 Å². The van der Waals surface area contributed by atoms with Crippen LogP contribution in [0, 0.1) is 6.92 Å². The van der Waals surface area contributed by atoms with Crippen LogP contribution in [0.5, 0.6) is 5.75 Å². The first-order valence-electron chi connectivity index (χ1n) is 8.70. The van der Waals surface area contributed by atoms with Gasteiger partial charge in [-0.15, -0.1) is 0 Å². The normalized spacial score (nSPS) is 16.0. The minimum atomic E-state index is -0.583. The summed E-state index contributed by atoms with van der Waals surface area (Å²) < 4.78 is 7.31. The van der Waals surface area contributed by atoms with Gasteiger partial charge in [-0.05, 0) is 19.1 Å². The smallest absolute Gasteiger partial charge is 0.253 e. The molecule has 1 saturated heterocycles. The van der Waals surface area contributed by atoms with Crippen LogP contribution in [0.2, 0.25) is 0 Å². The SMILES string of the molecule is COc1ccc2nc(C)n(C(C(=O)N3CCNCC3)c3ncc[nH]3)c2c1. The van der Waals surface area contributed by atoms with Gasteiger partial charge in [0.1, 0.15) is 17.4 Å². The van der Waals surface area contributed by atoms with Crippen molar-refractivity contribution in [2.75, 3.05) is 33.3 Å². The Morgan fingerprint density at radius 3 is 2.81 bits per heavy atom. The predicted octanol–water partition coefficient (Wildman–Crippen LogP) is 1.10. The van der Waals surface area contributed by atoms with Gasteiger partial charge >= 0.3 is 0 Å². The second kappa shape index (κ2) is 6.80. The highest BCUT2D eigenvalue weighted by atomic mass is 16.5. The number of ether oxygens (including phenoxy) is 1. The summed E-state index contributed by atoms with van der Waals surface area (Å²) in [6.07, 6.45) is 3.41. The van der Waals surface area contributed by atoms with Gasteiger partial charge in [0.25, 0.3) is 5.91 Å². The second-order valence-corrected chi connectivity index (χ2v) is 6.34. The molecule has 2 N–H and O–H groups in total. The third kappa shape index (κ3) is 2.82. The van der Waals surface area contributed by atoms with E-state index in [0.717, 1.165) is 35.7 Å². The maximum Gasteiger partial charge on any atom is 0.253 e. The summed E-state index contributed by atoms with van der Waals surface area (Å²) in [5.41, 5.74) is 1.68. The number of amides is 1. The van der Waals surface area contributed by atoms with E-state index in [-0.39, 0.29) is 5.91 Å². The zero-order chi connectivity index (χ0) is 18.1. The maximum absolute atomic E-state index is 13.4. The van der Waals surface area contributed by atoms with Crippen LogP contribution in [0.25, 0.3) is 11.0 Å². The number of aryl methyl sites for hydroxylation is 1. The average Bonchev–Trinajstić information content (AvgIpc) is 3.31. The summed E-state index contributed by atoms with van der Waals surface area (Å²) in [6.45, 7) is 4.88. The number of H-pyrrole nitrogens is 1. The Balaban J connectivity index is 1.85. The number of aromatic nitrogens is 4. The number of rotatable bonds is 4. The molecule has 3 heterocycles. The van der Waals surface area contributed by atoms with Crippen molar-refractivity contribution in [3.8, 4) is 5.75 Å². The van der Waals surface area contributed by atoms with E-state index in [1.807, 2.05) is 34.6 Å². The largest absolute Gasteiger partial charge is 0.497 e. The molecule has 1 aliphatic heterocycles. The first kappa shape index (κ1) is 16.6. The average molecular weight is 354 g/mol. The topological polar surface area (TPSA) is 88.1 Å². The quantitative estimate of drug-likeness (QED) is 0.732. The molecule has 0 radical (unpaired) electrons. The Morgan fingerprint density at radius 1 is 1.31 bits per heavy atom. The number of nitrogens with zero attached hydrogens (tertiary/aromatic N) is 4. The Morgan fingerprint density at radius 2 is 2.12 bits per heavy atom. The van der Waals surface area contributed by atoms with E-state index < -0.39 is 6.04 Å². The molecule has 4 rings (SSSR count). The van der Waals surface area contributed by atoms with Crippen molar-refractivity contribution in [3.05, 3.63) is 42.2 Å². The van der Waals surface area contributed by atoms with E-state index in [1.54, 1.807) is 19.5 Å². The summed E-state index contributed by atoms with van der Waals surface area (Å²) in [4.78, 5) is 27.4. The van der Waals surface area contributed by atoms with Gasteiger partial charge in [0, 0.05) is 44.6 Å². The summed E-state index contributed by atoms with van der Waals surface area (Å²) in [5.74, 6) is 2.12. The van der Waals surface area contributed by atoms with Crippen LogP contribution in [-0.4, -0.2) is 63.6 Å². The zero-order valence-corrected chi connectivity index (χ0v) is 14.9. The molecule has 1 fully saturated rings. The van der Waals surface area contributed by atoms with Crippen LogP contribution < -0.4 is 10.1 Å². The van der Waals surface area contributed by atoms with Crippen molar-refractivity contribution in [1.82, 2.24) is 29.7 Å². The summed E-state index contributed by atoms with van der Waals surface area (Å²) >= 11 is 0. The molecule has 3 aromatic rings. The van der Waals surface area contributed by atoms with Crippen LogP contribution in [0.15, 0.2) is 30.6 Å². The van der Waals surface area contributed by atoms with E-state index in [0.29, 0.717) is 18.9 Å². The molecular weight excluding hydrogens is 332 g/mol. The number of methoxy groups -OCH3 is 1. The fourth-order valence-corrected chi connectivity index (χ4v) is 3.48. The highest BCUT2D eigenvalue weighted by molar-refractivity contribution is 5.87. The third-order valence-corrected chi connectivity index (χ3v) is 4.77. The fraction of sp³-hybridized carbons (Fsp3) is 0.389. The molecule has 0 saturated carbocycles. The zero-order valence-electron chi connectivity index (χ0n) is 14.9. The Hall–Kier alpha value is -2.87. The number of imidazole rings is 2. The van der Waals surface area contributed by atoms with Crippen molar-refractivity contribution in [2.24, 2.45) is 0 Å². The number of hydrogen-bond donors (Lipinski definition) is 2. The first-order chi connectivity index (χ1) is 12.7. The number of nitrogens with one attached hydrogen (secondary N) is 2. The van der Waals surface area contributed by atoms with Gasteiger partial charge in [-0.3, -0.25) is 4.79 Å². The minimum Gasteiger partial charge on any atom is -0.497 e. The molecule has 1 amide bonds. The number of carbonyl (C=O) groups is 1. The fourth-order valence-electron chi connectivity index (χ4n) is 3.48. The molecular formula is C18H22N6O2. The van der Waals surface area contributed by atoms with Crippen LogP contribution in [0.4, 0.5) is 0 Å². The molecule has 1 aromatic carbocycles. The lowest BCUT2D eigenvalue weighted by Crippen LogP contribution is -2.49. The van der Waals surface area contributed by atoms with Gasteiger partial charge in [0.2, 0.25) is 0 Å². The molecule has 2 aromatic heterocycles. The van der Waals surface area contributed by atoms with Gasteiger partial charge in [-0.1, -0.05) is 0 Å². The van der Waals surface area contributed by atoms with E-state index in [4.69, 9.17) is 4.74 Å². The molecule has 0 aliphatic carbocycles. The lowest BCUT2D eigenvalue weighted by molar-refractivity contribution is -0.134. The highest BCUT2D eigenvalue weighted by Gasteiger charge is 2.32. The number of hydrogen-bond acceptors (Lipinski definition) is 5. The summed E-state index contributed by atoms with van der Waals surface area (Å²) in [7, 11) is 1.63. The number of aromatic amines is 1. The van der Waals surface area contributed by atoms with E-state index in [1.165, 1.54) is 0 Å². The standard InChI is InChI=1S/C18H22N6O2/c1-12-22-14-4-3-13(26-2)11-15(14)24(12)16(17-20-5-6-21-17)18(25)23-9-7-19-8-10-23/h3-6,11,16,19H,7-10H2,1-2H3,(H,20,21). The van der Waals surface area contributed by atoms with Gasteiger partial charge in [-0.25, -0.2) is 9.97 Å². The number of fused-ring (bicyclic) bond motifs is 1. The molecule has 0 bridgehead atoms. The third-order valence-electron chi connectivity index (χ3n) is 4.77. The number of carbonyl (C=O) groups excluding carboxylic acids is 1. The van der Waals surface area contributed by atoms with Crippen LogP contribution >= 0.6 is 0 Å². The van der Waals surface area contributed by atoms with Crippen LogP contribution in [-0.2, 0) is 4.79 Å². The maximum atomic E-state index is 13.4. The van der Waals surface area contributed by atoms with E-state index in [9.17, 15) is 4.79 Å². The molecule has 0 spiro atoms. The lowest BCUT2D eigenvalue weighted by atomic mass is 10.2. The molecule has 136 valence electrons. The monoisotopic (exact) mass is 354 g/mol. The molecule has 8 nitrogen and oxygen atoms in total. The van der Waals surface area contributed by atoms with Gasteiger partial charge in [-0.2, -0.15) is 0 Å². The lowest BCUT2D eigenvalue weighted by Gasteiger charge is -2.31. The van der Waals surface area contributed by atoms with Gasteiger partial charge < -0.3 is 24.5 Å². The van der Waals surface area contributed by atoms with Gasteiger partial charge in [0.15, 0.2) is 6.04 Å². The van der Waals surface area contributed by atoms with E-state index in [2.05, 4.69) is 20.3 Å². The molecule has 8 heteroatoms. The summed E-state index contributed by atoms with van der Waals surface area (Å²) in [6, 6.07) is 5.11. The predicted molar refractivity (Wildman–Crippen MR) is 97.2 cm³/mol. The minimum absolute atomic E-state index is 0.0201. The van der Waals surface area contributed by atoms with E-state index >= 15 is 0 Å². The first-order valence-corrected chi connectivity index (χ1v) is 8.70. The molecule has 1 aliphatic rings. The Labute approximate surface area is 151 Å². The summed E-state index contributed by atoms with van der Waals surface area (Å²) in [5, 5.41) is 3.28.